The topological polar surface area (TPSA) is 50.2 Å². The quantitative estimate of drug-likeness (QED) is 0.123. The maximum Gasteiger partial charge on any atom is 0.161 e. The summed E-state index contributed by atoms with van der Waals surface area (Å²) in [5.41, 5.74) is 8.87. The molecule has 2 aromatic heterocycles. The molecule has 11 rings (SSSR count). The number of hydrogen-bond donors (Lipinski definition) is 0. The lowest BCUT2D eigenvalue weighted by molar-refractivity contribution is 0.670. The third-order valence-electron chi connectivity index (χ3n) is 11.3. The molecule has 0 aliphatic rings. The van der Waals surface area contributed by atoms with E-state index in [4.69, 9.17) is 14.4 Å². The molecule has 0 N–H and O–H groups in total. The van der Waals surface area contributed by atoms with Crippen LogP contribution in [0.3, 0.4) is 0 Å². The molecule has 0 radical (unpaired) electrons. The highest BCUT2D eigenvalue weighted by atomic mass is 32.1. The number of thiophene rings is 1. The largest absolute Gasteiger partial charge is 0.455 e. The van der Waals surface area contributed by atoms with Crippen molar-refractivity contribution in [3.05, 3.63) is 205 Å². The Bertz CT molecular complexity index is 3480. The van der Waals surface area contributed by atoms with Gasteiger partial charge in [-0.25, -0.2) is 9.98 Å². The van der Waals surface area contributed by atoms with Crippen LogP contribution in [0.25, 0.3) is 85.9 Å². The first kappa shape index (κ1) is 34.8. The molecular formula is C54H35N3OS. The summed E-state index contributed by atoms with van der Waals surface area (Å²) < 4.78 is 9.38. The summed E-state index contributed by atoms with van der Waals surface area (Å²) in [6, 6.07) is 65.9. The first-order valence-corrected chi connectivity index (χ1v) is 20.5. The molecule has 59 heavy (non-hydrogen) atoms. The molecule has 278 valence electrons. The van der Waals surface area contributed by atoms with Crippen molar-refractivity contribution in [3.63, 3.8) is 0 Å². The second kappa shape index (κ2) is 14.5. The zero-order valence-electron chi connectivity index (χ0n) is 32.0. The van der Waals surface area contributed by atoms with E-state index in [1.807, 2.05) is 29.5 Å². The Labute approximate surface area is 344 Å². The molecular weight excluding hydrogens is 739 g/mol. The van der Waals surface area contributed by atoms with Gasteiger partial charge in [0, 0.05) is 47.6 Å². The van der Waals surface area contributed by atoms with Crippen molar-refractivity contribution in [1.29, 1.82) is 0 Å². The molecule has 2 heterocycles. The summed E-state index contributed by atoms with van der Waals surface area (Å²) in [6.45, 7) is 4.50. The minimum absolute atomic E-state index is 0.453. The van der Waals surface area contributed by atoms with E-state index >= 15 is 0 Å². The van der Waals surface area contributed by atoms with E-state index in [1.165, 1.54) is 41.7 Å². The summed E-state index contributed by atoms with van der Waals surface area (Å²) in [4.78, 5) is 15.0. The molecule has 0 saturated carbocycles. The second-order valence-corrected chi connectivity index (χ2v) is 15.8. The number of fused-ring (bicyclic) bond motifs is 9. The lowest BCUT2D eigenvalue weighted by Gasteiger charge is -2.10. The molecule has 5 heteroatoms. The van der Waals surface area contributed by atoms with Crippen molar-refractivity contribution in [2.45, 2.75) is 6.54 Å². The molecule has 4 nitrogen and oxygen atoms in total. The van der Waals surface area contributed by atoms with E-state index in [0.29, 0.717) is 18.2 Å². The highest BCUT2D eigenvalue weighted by Gasteiger charge is 2.20. The molecule has 0 bridgehead atoms. The molecule has 11 aromatic rings. The van der Waals surface area contributed by atoms with Crippen LogP contribution in [0.5, 0.6) is 0 Å². The zero-order chi connectivity index (χ0) is 39.3. The minimum Gasteiger partial charge on any atom is -0.455 e. The van der Waals surface area contributed by atoms with Crippen LogP contribution in [-0.2, 0) is 6.54 Å². The van der Waals surface area contributed by atoms with Crippen LogP contribution in [0.15, 0.2) is 207 Å². The van der Waals surface area contributed by atoms with Gasteiger partial charge in [0.05, 0.1) is 6.54 Å². The average molecular weight is 774 g/mol. The van der Waals surface area contributed by atoms with Crippen molar-refractivity contribution >= 4 is 93.4 Å². The number of aliphatic imine (C=N–C) groups is 3. The van der Waals surface area contributed by atoms with Crippen LogP contribution < -0.4 is 0 Å². The van der Waals surface area contributed by atoms with Crippen molar-refractivity contribution in [2.24, 2.45) is 15.0 Å². The lowest BCUT2D eigenvalue weighted by atomic mass is 9.93. The molecule has 0 atom stereocenters. The van der Waals surface area contributed by atoms with Gasteiger partial charge in [0.25, 0.3) is 0 Å². The maximum absolute atomic E-state index is 6.83. The van der Waals surface area contributed by atoms with Crippen LogP contribution in [0.4, 0.5) is 0 Å². The molecule has 0 fully saturated rings. The number of amidine groups is 2. The Morgan fingerprint density at radius 2 is 1.22 bits per heavy atom. The van der Waals surface area contributed by atoms with Crippen molar-refractivity contribution in [2.75, 3.05) is 0 Å². The highest BCUT2D eigenvalue weighted by Crippen LogP contribution is 2.45. The first-order valence-electron chi connectivity index (χ1n) is 19.7. The van der Waals surface area contributed by atoms with E-state index in [1.54, 1.807) is 0 Å². The van der Waals surface area contributed by atoms with Crippen molar-refractivity contribution < 1.29 is 4.42 Å². The SMILES string of the molecule is C=NC(=NC(=NCc1ccc2ccccc2c1)c1ccc(-c2ccccc2)cc1)c1cccc2oc3c(-c4cc5sc6ccccc6c5c5ccccc45)cccc3c12. The molecule has 0 aliphatic heterocycles. The molecule has 0 spiro atoms. The van der Waals surface area contributed by atoms with Gasteiger partial charge in [0.15, 0.2) is 11.7 Å². The molecule has 9 aromatic carbocycles. The van der Waals surface area contributed by atoms with Crippen LogP contribution >= 0.6 is 11.3 Å². The highest BCUT2D eigenvalue weighted by molar-refractivity contribution is 7.26. The summed E-state index contributed by atoms with van der Waals surface area (Å²) in [5.74, 6) is 1.05. The van der Waals surface area contributed by atoms with Crippen LogP contribution in [0.2, 0.25) is 0 Å². The van der Waals surface area contributed by atoms with E-state index in [2.05, 4.69) is 182 Å². The number of para-hydroxylation sites is 1. The monoisotopic (exact) mass is 773 g/mol. The summed E-state index contributed by atoms with van der Waals surface area (Å²) in [5, 5.41) is 9.34. The number of hydrogen-bond acceptors (Lipinski definition) is 3. The van der Waals surface area contributed by atoms with E-state index in [9.17, 15) is 0 Å². The summed E-state index contributed by atoms with van der Waals surface area (Å²) >= 11 is 1.83. The van der Waals surface area contributed by atoms with Gasteiger partial charge in [-0.05, 0) is 74.8 Å². The van der Waals surface area contributed by atoms with Gasteiger partial charge in [-0.3, -0.25) is 4.99 Å². The third-order valence-corrected chi connectivity index (χ3v) is 12.4. The van der Waals surface area contributed by atoms with Crippen LogP contribution in [0, 0.1) is 0 Å². The van der Waals surface area contributed by atoms with Crippen LogP contribution in [0.1, 0.15) is 16.7 Å². The van der Waals surface area contributed by atoms with Gasteiger partial charge in [0.2, 0.25) is 0 Å². The summed E-state index contributed by atoms with van der Waals surface area (Å²) in [7, 11) is 0. The predicted molar refractivity (Wildman–Crippen MR) is 252 cm³/mol. The lowest BCUT2D eigenvalue weighted by Crippen LogP contribution is -2.06. The fraction of sp³-hybridized carbons (Fsp3) is 0.0185. The Hall–Kier alpha value is -7.47. The van der Waals surface area contributed by atoms with Gasteiger partial charge >= 0.3 is 0 Å². The normalized spacial score (nSPS) is 12.4. The molecule has 0 aliphatic carbocycles. The Kier molecular flexibility index (Phi) is 8.53. The van der Waals surface area contributed by atoms with Gasteiger partial charge in [-0.2, -0.15) is 0 Å². The Morgan fingerprint density at radius 1 is 0.508 bits per heavy atom. The number of furan rings is 1. The molecule has 0 unspecified atom stereocenters. The van der Waals surface area contributed by atoms with Gasteiger partial charge in [-0.15, -0.1) is 11.3 Å². The molecule has 0 amide bonds. The smallest absolute Gasteiger partial charge is 0.161 e. The summed E-state index contributed by atoms with van der Waals surface area (Å²) in [6.07, 6.45) is 0. The van der Waals surface area contributed by atoms with Gasteiger partial charge in [0.1, 0.15) is 11.2 Å². The van der Waals surface area contributed by atoms with Crippen molar-refractivity contribution in [1.82, 2.24) is 0 Å². The first-order chi connectivity index (χ1) is 29.2. The van der Waals surface area contributed by atoms with Gasteiger partial charge < -0.3 is 4.42 Å². The number of nitrogens with zero attached hydrogens (tertiary/aromatic N) is 3. The fourth-order valence-electron chi connectivity index (χ4n) is 8.48. The zero-order valence-corrected chi connectivity index (χ0v) is 32.8. The third kappa shape index (κ3) is 6.11. The second-order valence-electron chi connectivity index (χ2n) is 14.8. The van der Waals surface area contributed by atoms with E-state index < -0.39 is 0 Å². The predicted octanol–water partition coefficient (Wildman–Crippen LogP) is 14.7. The number of benzene rings is 9. The molecule has 0 saturated heterocycles. The van der Waals surface area contributed by atoms with Gasteiger partial charge in [-0.1, -0.05) is 164 Å². The Morgan fingerprint density at radius 3 is 2.07 bits per heavy atom. The van der Waals surface area contributed by atoms with E-state index in [-0.39, 0.29) is 0 Å². The number of rotatable bonds is 6. The van der Waals surface area contributed by atoms with Crippen LogP contribution in [-0.4, -0.2) is 18.4 Å². The van der Waals surface area contributed by atoms with Crippen molar-refractivity contribution in [3.8, 4) is 22.3 Å². The Balaban J connectivity index is 1.06. The minimum atomic E-state index is 0.453. The standard InChI is InChI=1S/C54H35N3OS/c1-55-54(57-53(38-29-27-37(28-30-38)35-13-3-2-4-14-35)56-33-34-25-26-36-15-5-6-16-39(36)31-34)45-22-12-23-47-50(45)44-21-11-20-42(52(44)58-47)46-32-49-51(41-18-8-7-17-40(41)46)43-19-9-10-24-48(43)59-49/h2-32H,1,33H2. The average Bonchev–Trinajstić information content (AvgIpc) is 3.88. The fourth-order valence-corrected chi connectivity index (χ4v) is 9.64. The maximum atomic E-state index is 6.83. The van der Waals surface area contributed by atoms with E-state index in [0.717, 1.165) is 60.9 Å².